The first-order valence-electron chi connectivity index (χ1n) is 10.4. The van der Waals surface area contributed by atoms with Gasteiger partial charge in [0.15, 0.2) is 11.7 Å². The molecule has 0 amide bonds. The lowest BCUT2D eigenvalue weighted by Gasteiger charge is -2.35. The third-order valence-corrected chi connectivity index (χ3v) is 5.98. The molecule has 1 aliphatic carbocycles. The van der Waals surface area contributed by atoms with E-state index in [4.69, 9.17) is 36.6 Å². The van der Waals surface area contributed by atoms with Crippen LogP contribution in [0.3, 0.4) is 0 Å². The van der Waals surface area contributed by atoms with E-state index in [1.165, 1.54) is 6.20 Å². The number of nitrogens with two attached hydrogens (primary N) is 1. The second kappa shape index (κ2) is 9.01. The second-order valence-corrected chi connectivity index (χ2v) is 8.38. The van der Waals surface area contributed by atoms with Gasteiger partial charge in [0.05, 0.1) is 37.8 Å². The first-order valence-corrected chi connectivity index (χ1v) is 10.8. The van der Waals surface area contributed by atoms with Crippen molar-refractivity contribution in [2.24, 2.45) is 10.7 Å². The summed E-state index contributed by atoms with van der Waals surface area (Å²) in [5.74, 6) is 0.324. The Morgan fingerprint density at radius 1 is 1.20 bits per heavy atom. The second-order valence-electron chi connectivity index (χ2n) is 7.97. The van der Waals surface area contributed by atoms with E-state index >= 15 is 0 Å². The van der Waals surface area contributed by atoms with Crippen molar-refractivity contribution in [1.29, 1.82) is 0 Å². The van der Waals surface area contributed by atoms with E-state index in [1.807, 2.05) is 18.5 Å². The summed E-state index contributed by atoms with van der Waals surface area (Å²) in [4.78, 5) is 4.17. The van der Waals surface area contributed by atoms with E-state index in [0.29, 0.717) is 30.9 Å². The average Bonchev–Trinajstić information content (AvgIpc) is 3.31. The predicted octanol–water partition coefficient (Wildman–Crippen LogP) is 2.08. The minimum absolute atomic E-state index is 0.134. The lowest BCUT2D eigenvalue weighted by atomic mass is 9.90. The maximum absolute atomic E-state index is 6.10. The molecule has 1 spiro atoms. The number of aliphatic imine (C=N–C) groups is 1. The van der Waals surface area contributed by atoms with Gasteiger partial charge in [-0.15, -0.1) is 5.10 Å². The van der Waals surface area contributed by atoms with Gasteiger partial charge < -0.3 is 30.7 Å². The molecule has 5 N–H and O–H groups in total. The molecular weight excluding hydrogens is 410 g/mol. The van der Waals surface area contributed by atoms with Gasteiger partial charge in [-0.05, 0) is 33.1 Å². The molecule has 10 nitrogen and oxygen atoms in total. The number of fused-ring (bicyclic) bond motifs is 1. The fraction of sp³-hybridized carbons (Fsp3) is 0.684. The highest BCUT2D eigenvalue weighted by molar-refractivity contribution is 6.29. The summed E-state index contributed by atoms with van der Waals surface area (Å²) >= 11 is 6.10. The van der Waals surface area contributed by atoms with Crippen LogP contribution in [-0.2, 0) is 9.47 Å². The number of ether oxygens (including phenoxy) is 3. The highest BCUT2D eigenvalue weighted by Gasteiger charge is 2.41. The van der Waals surface area contributed by atoms with E-state index in [-0.39, 0.29) is 18.0 Å². The monoisotopic (exact) mass is 439 g/mol. The molecule has 0 aromatic carbocycles. The van der Waals surface area contributed by atoms with Crippen molar-refractivity contribution in [3.63, 3.8) is 0 Å². The Labute approximate surface area is 181 Å². The Bertz CT molecular complexity index is 809. The third-order valence-electron chi connectivity index (χ3n) is 5.79. The summed E-state index contributed by atoms with van der Waals surface area (Å²) in [5.41, 5.74) is 13.7. The molecule has 30 heavy (non-hydrogen) atoms. The Kier molecular flexibility index (Phi) is 6.37. The van der Waals surface area contributed by atoms with Crippen molar-refractivity contribution >= 4 is 23.2 Å². The number of nitrogens with zero attached hydrogens (tertiary/aromatic N) is 3. The molecule has 3 heterocycles. The zero-order valence-electron chi connectivity index (χ0n) is 17.4. The molecule has 1 aromatic rings. The summed E-state index contributed by atoms with van der Waals surface area (Å²) in [6.45, 7) is 5.89. The van der Waals surface area contributed by atoms with E-state index in [9.17, 15) is 0 Å². The van der Waals surface area contributed by atoms with Crippen LogP contribution in [0.25, 0.3) is 0 Å². The van der Waals surface area contributed by atoms with Crippen molar-refractivity contribution in [1.82, 2.24) is 20.6 Å². The van der Waals surface area contributed by atoms with Gasteiger partial charge in [-0.2, -0.15) is 0 Å². The van der Waals surface area contributed by atoms with Gasteiger partial charge in [-0.3, -0.25) is 4.68 Å². The number of anilines is 1. The summed E-state index contributed by atoms with van der Waals surface area (Å²) in [6.07, 6.45) is 5.79. The number of rotatable bonds is 1. The summed E-state index contributed by atoms with van der Waals surface area (Å²) < 4.78 is 19.8. The van der Waals surface area contributed by atoms with Gasteiger partial charge in [-0.25, -0.2) is 10.4 Å². The van der Waals surface area contributed by atoms with E-state index in [2.05, 4.69) is 21.2 Å². The Morgan fingerprint density at radius 3 is 2.67 bits per heavy atom. The molecule has 0 radical (unpaired) electrons. The fourth-order valence-electron chi connectivity index (χ4n) is 4.08. The lowest BCUT2D eigenvalue weighted by molar-refractivity contribution is -0.181. The molecule has 166 valence electrons. The van der Waals surface area contributed by atoms with Crippen molar-refractivity contribution in [2.75, 3.05) is 25.1 Å². The molecule has 4 rings (SSSR count). The first-order chi connectivity index (χ1) is 14.5. The Hall–Kier alpha value is -2.01. The molecule has 11 heteroatoms. The van der Waals surface area contributed by atoms with Gasteiger partial charge in [0.25, 0.3) is 5.88 Å². The molecule has 1 unspecified atom stereocenters. The molecule has 2 fully saturated rings. The van der Waals surface area contributed by atoms with Crippen LogP contribution in [0.4, 0.5) is 5.69 Å². The quantitative estimate of drug-likeness (QED) is 0.491. The number of nitrogens with one attached hydrogen (secondary N) is 3. The van der Waals surface area contributed by atoms with E-state index in [1.54, 1.807) is 0 Å². The molecule has 1 saturated heterocycles. The third kappa shape index (κ3) is 4.66. The van der Waals surface area contributed by atoms with Gasteiger partial charge in [-0.1, -0.05) is 11.6 Å². The number of aromatic nitrogens is 2. The molecule has 2 aliphatic heterocycles. The smallest absolute Gasteiger partial charge is 0.257 e. The van der Waals surface area contributed by atoms with Crippen molar-refractivity contribution in [3.05, 3.63) is 17.1 Å². The van der Waals surface area contributed by atoms with Crippen LogP contribution < -0.4 is 26.6 Å². The SMILES string of the molecule is Cc1c2c(nn1C1CCC3(CC1)OCCO3)OCCC(C)NN/C(Cl)=C\N=C(N)N2. The number of guanidine groups is 1. The molecule has 1 saturated carbocycles. The van der Waals surface area contributed by atoms with Crippen molar-refractivity contribution in [2.45, 2.75) is 63.8 Å². The highest BCUT2D eigenvalue weighted by Crippen LogP contribution is 2.42. The molecule has 3 aliphatic rings. The molecule has 0 bridgehead atoms. The van der Waals surface area contributed by atoms with Crippen LogP contribution in [0.1, 0.15) is 50.8 Å². The highest BCUT2D eigenvalue weighted by atomic mass is 35.5. The molecular formula is C19H30ClN7O3. The molecule has 1 aromatic heterocycles. The maximum Gasteiger partial charge on any atom is 0.257 e. The average molecular weight is 440 g/mol. The van der Waals surface area contributed by atoms with Gasteiger partial charge >= 0.3 is 0 Å². The summed E-state index contributed by atoms with van der Waals surface area (Å²) in [6, 6.07) is 0.382. The number of hydrazine groups is 1. The number of halogens is 1. The van der Waals surface area contributed by atoms with Crippen LogP contribution in [-0.4, -0.2) is 47.4 Å². The largest absolute Gasteiger partial charge is 0.475 e. The zero-order chi connectivity index (χ0) is 21.1. The fourth-order valence-corrected chi connectivity index (χ4v) is 4.18. The van der Waals surface area contributed by atoms with E-state index < -0.39 is 5.79 Å². The van der Waals surface area contributed by atoms with E-state index in [0.717, 1.165) is 43.5 Å². The van der Waals surface area contributed by atoms with Gasteiger partial charge in [0.1, 0.15) is 10.8 Å². The number of hydrogen-bond donors (Lipinski definition) is 4. The zero-order valence-corrected chi connectivity index (χ0v) is 18.2. The van der Waals surface area contributed by atoms with Crippen LogP contribution >= 0.6 is 11.6 Å². The van der Waals surface area contributed by atoms with Crippen molar-refractivity contribution in [3.8, 4) is 5.88 Å². The lowest BCUT2D eigenvalue weighted by Crippen LogP contribution is -2.38. The van der Waals surface area contributed by atoms with Crippen LogP contribution in [0.15, 0.2) is 16.3 Å². The Balaban J connectivity index is 1.56. The van der Waals surface area contributed by atoms with Crippen LogP contribution in [0.5, 0.6) is 5.88 Å². The summed E-state index contributed by atoms with van der Waals surface area (Å²) in [7, 11) is 0. The number of hydrogen-bond acceptors (Lipinski definition) is 9. The minimum Gasteiger partial charge on any atom is -0.475 e. The topological polar surface area (TPSA) is 120 Å². The Morgan fingerprint density at radius 2 is 1.93 bits per heavy atom. The maximum atomic E-state index is 6.10. The normalized spacial score (nSPS) is 27.2. The van der Waals surface area contributed by atoms with Crippen LogP contribution in [0.2, 0.25) is 0 Å². The van der Waals surface area contributed by atoms with Gasteiger partial charge in [0.2, 0.25) is 0 Å². The standard InChI is InChI=1S/C19H30ClN7O3/c1-12-5-8-28-17-16(23-18(21)22-11-15(20)25-24-12)13(2)27(26-17)14-3-6-19(7-4-14)29-9-10-30-19/h11-12,14,24-25H,3-10H2,1-2H3,(H3,21,22,23)/b15-11-. The first kappa shape index (κ1) is 21.2. The minimum atomic E-state index is -0.397. The predicted molar refractivity (Wildman–Crippen MR) is 114 cm³/mol. The van der Waals surface area contributed by atoms with Crippen LogP contribution in [0, 0.1) is 6.92 Å². The van der Waals surface area contributed by atoms with Gasteiger partial charge in [0, 0.05) is 18.9 Å². The summed E-state index contributed by atoms with van der Waals surface area (Å²) in [5, 5.41) is 8.24. The van der Waals surface area contributed by atoms with Crippen molar-refractivity contribution < 1.29 is 14.2 Å². The molecule has 1 atom stereocenters.